The molecule has 2 nitrogen and oxygen atoms in total. The number of nitrogens with two attached hydrogens (primary N) is 1. The van der Waals surface area contributed by atoms with Crippen molar-refractivity contribution in [2.45, 2.75) is 33.2 Å². The van der Waals surface area contributed by atoms with Crippen LogP contribution in [0.25, 0.3) is 0 Å². The molecule has 1 atom stereocenters. The SMILES string of the molecule is CCCOc1cc(C)ccc1[C@H](C)N. The highest BCUT2D eigenvalue weighted by Gasteiger charge is 2.07. The molecule has 0 aliphatic carbocycles. The Labute approximate surface area is 86.1 Å². The molecule has 0 saturated heterocycles. The standard InChI is InChI=1S/C12H19NO/c1-4-7-14-12-8-9(2)5-6-11(12)10(3)13/h5-6,8,10H,4,7,13H2,1-3H3/t10-/m0/s1. The third kappa shape index (κ3) is 2.74. The monoisotopic (exact) mass is 193 g/mol. The number of aryl methyl sites for hydroxylation is 1. The van der Waals surface area contributed by atoms with Gasteiger partial charge in [-0.25, -0.2) is 0 Å². The van der Waals surface area contributed by atoms with Crippen molar-refractivity contribution < 1.29 is 4.74 Å². The quantitative estimate of drug-likeness (QED) is 0.798. The smallest absolute Gasteiger partial charge is 0.124 e. The molecule has 2 N–H and O–H groups in total. The summed E-state index contributed by atoms with van der Waals surface area (Å²) in [5, 5.41) is 0. The summed E-state index contributed by atoms with van der Waals surface area (Å²) in [6.07, 6.45) is 1.02. The van der Waals surface area contributed by atoms with Crippen LogP contribution in [-0.4, -0.2) is 6.61 Å². The Morgan fingerprint density at radius 3 is 2.71 bits per heavy atom. The van der Waals surface area contributed by atoms with Gasteiger partial charge in [-0.2, -0.15) is 0 Å². The van der Waals surface area contributed by atoms with E-state index in [2.05, 4.69) is 19.9 Å². The molecule has 0 aromatic heterocycles. The second-order valence-corrected chi connectivity index (χ2v) is 3.68. The van der Waals surface area contributed by atoms with E-state index in [0.29, 0.717) is 0 Å². The van der Waals surface area contributed by atoms with Crippen molar-refractivity contribution in [3.8, 4) is 5.75 Å². The van der Waals surface area contributed by atoms with E-state index in [9.17, 15) is 0 Å². The summed E-state index contributed by atoms with van der Waals surface area (Å²) >= 11 is 0. The predicted molar refractivity (Wildman–Crippen MR) is 59.6 cm³/mol. The highest BCUT2D eigenvalue weighted by atomic mass is 16.5. The van der Waals surface area contributed by atoms with Crippen LogP contribution in [0.1, 0.15) is 37.4 Å². The minimum absolute atomic E-state index is 0.0301. The average molecular weight is 193 g/mol. The first-order valence-corrected chi connectivity index (χ1v) is 5.14. The molecule has 2 heteroatoms. The van der Waals surface area contributed by atoms with Gasteiger partial charge in [0, 0.05) is 11.6 Å². The van der Waals surface area contributed by atoms with Crippen LogP contribution in [0.15, 0.2) is 18.2 Å². The van der Waals surface area contributed by atoms with Gasteiger partial charge in [-0.15, -0.1) is 0 Å². The van der Waals surface area contributed by atoms with Gasteiger partial charge in [0.25, 0.3) is 0 Å². The van der Waals surface area contributed by atoms with E-state index in [1.54, 1.807) is 0 Å². The van der Waals surface area contributed by atoms with E-state index in [-0.39, 0.29) is 6.04 Å². The Bertz CT molecular complexity index is 294. The Kier molecular flexibility index (Phi) is 3.96. The third-order valence-electron chi connectivity index (χ3n) is 2.12. The van der Waals surface area contributed by atoms with E-state index in [4.69, 9.17) is 10.5 Å². The lowest BCUT2D eigenvalue weighted by atomic mass is 10.1. The van der Waals surface area contributed by atoms with Gasteiger partial charge >= 0.3 is 0 Å². The molecular weight excluding hydrogens is 174 g/mol. The summed E-state index contributed by atoms with van der Waals surface area (Å²) < 4.78 is 5.65. The van der Waals surface area contributed by atoms with E-state index in [1.165, 1.54) is 5.56 Å². The minimum Gasteiger partial charge on any atom is -0.493 e. The maximum absolute atomic E-state index is 5.86. The number of hydrogen-bond acceptors (Lipinski definition) is 2. The molecule has 78 valence electrons. The van der Waals surface area contributed by atoms with Crippen molar-refractivity contribution in [2.24, 2.45) is 5.73 Å². The van der Waals surface area contributed by atoms with Crippen LogP contribution < -0.4 is 10.5 Å². The highest BCUT2D eigenvalue weighted by Crippen LogP contribution is 2.25. The molecule has 1 aromatic rings. The number of ether oxygens (including phenoxy) is 1. The van der Waals surface area contributed by atoms with E-state index in [0.717, 1.165) is 24.3 Å². The summed E-state index contributed by atoms with van der Waals surface area (Å²) in [7, 11) is 0. The molecule has 1 aromatic carbocycles. The van der Waals surface area contributed by atoms with Crippen LogP contribution in [0.5, 0.6) is 5.75 Å². The molecule has 0 heterocycles. The van der Waals surface area contributed by atoms with Gasteiger partial charge in [-0.1, -0.05) is 19.1 Å². The fourth-order valence-electron chi connectivity index (χ4n) is 1.35. The lowest BCUT2D eigenvalue weighted by Gasteiger charge is -2.14. The molecule has 0 fully saturated rings. The van der Waals surface area contributed by atoms with Gasteiger partial charge in [0.1, 0.15) is 5.75 Å². The second-order valence-electron chi connectivity index (χ2n) is 3.68. The molecule has 0 bridgehead atoms. The molecule has 0 saturated carbocycles. The summed E-state index contributed by atoms with van der Waals surface area (Å²) in [6.45, 7) is 6.89. The van der Waals surface area contributed by atoms with E-state index < -0.39 is 0 Å². The van der Waals surface area contributed by atoms with Crippen molar-refractivity contribution >= 4 is 0 Å². The zero-order valence-corrected chi connectivity index (χ0v) is 9.21. The highest BCUT2D eigenvalue weighted by molar-refractivity contribution is 5.38. The minimum atomic E-state index is 0.0301. The van der Waals surface area contributed by atoms with Gasteiger partial charge < -0.3 is 10.5 Å². The lowest BCUT2D eigenvalue weighted by Crippen LogP contribution is -2.08. The maximum Gasteiger partial charge on any atom is 0.124 e. The summed E-state index contributed by atoms with van der Waals surface area (Å²) in [5.74, 6) is 0.932. The Balaban J connectivity index is 2.91. The zero-order valence-electron chi connectivity index (χ0n) is 9.21. The van der Waals surface area contributed by atoms with Crippen LogP contribution in [0.2, 0.25) is 0 Å². The first kappa shape index (κ1) is 11.1. The molecule has 0 unspecified atom stereocenters. The fraction of sp³-hybridized carbons (Fsp3) is 0.500. The lowest BCUT2D eigenvalue weighted by molar-refractivity contribution is 0.312. The number of rotatable bonds is 4. The van der Waals surface area contributed by atoms with E-state index in [1.807, 2.05) is 19.1 Å². The molecule has 0 aliphatic rings. The Morgan fingerprint density at radius 2 is 2.14 bits per heavy atom. The van der Waals surface area contributed by atoms with Crippen LogP contribution in [0.4, 0.5) is 0 Å². The third-order valence-corrected chi connectivity index (χ3v) is 2.12. The molecule has 1 rings (SSSR count). The second kappa shape index (κ2) is 5.01. The summed E-state index contributed by atoms with van der Waals surface area (Å²) in [4.78, 5) is 0. The molecule has 0 radical (unpaired) electrons. The number of benzene rings is 1. The van der Waals surface area contributed by atoms with Gasteiger partial charge in [-0.3, -0.25) is 0 Å². The molecule has 0 spiro atoms. The van der Waals surface area contributed by atoms with Crippen LogP contribution in [0, 0.1) is 6.92 Å². The maximum atomic E-state index is 5.86. The van der Waals surface area contributed by atoms with Crippen molar-refractivity contribution in [1.82, 2.24) is 0 Å². The van der Waals surface area contributed by atoms with Crippen molar-refractivity contribution in [3.63, 3.8) is 0 Å². The van der Waals surface area contributed by atoms with Crippen LogP contribution in [0.3, 0.4) is 0 Å². The normalized spacial score (nSPS) is 12.6. The molecule has 0 aliphatic heterocycles. The van der Waals surface area contributed by atoms with Crippen molar-refractivity contribution in [1.29, 1.82) is 0 Å². The van der Waals surface area contributed by atoms with Crippen LogP contribution >= 0.6 is 0 Å². The largest absolute Gasteiger partial charge is 0.493 e. The molecule has 14 heavy (non-hydrogen) atoms. The summed E-state index contributed by atoms with van der Waals surface area (Å²) in [6, 6.07) is 6.19. The van der Waals surface area contributed by atoms with E-state index >= 15 is 0 Å². The first-order valence-electron chi connectivity index (χ1n) is 5.14. The van der Waals surface area contributed by atoms with Gasteiger partial charge in [0.2, 0.25) is 0 Å². The average Bonchev–Trinajstić information content (AvgIpc) is 2.14. The zero-order chi connectivity index (χ0) is 10.6. The Morgan fingerprint density at radius 1 is 1.43 bits per heavy atom. The van der Waals surface area contributed by atoms with Gasteiger partial charge in [0.05, 0.1) is 6.61 Å². The van der Waals surface area contributed by atoms with Gasteiger partial charge in [-0.05, 0) is 31.9 Å². The number of hydrogen-bond donors (Lipinski definition) is 1. The predicted octanol–water partition coefficient (Wildman–Crippen LogP) is 2.80. The molecular formula is C12H19NO. The first-order chi connectivity index (χ1) is 6.65. The van der Waals surface area contributed by atoms with Gasteiger partial charge in [0.15, 0.2) is 0 Å². The summed E-state index contributed by atoms with van der Waals surface area (Å²) in [5.41, 5.74) is 8.15. The van der Waals surface area contributed by atoms with Crippen molar-refractivity contribution in [2.75, 3.05) is 6.61 Å². The van der Waals surface area contributed by atoms with Crippen LogP contribution in [-0.2, 0) is 0 Å². The topological polar surface area (TPSA) is 35.2 Å². The molecule has 0 amide bonds. The Hall–Kier alpha value is -1.02. The fourth-order valence-corrected chi connectivity index (χ4v) is 1.35. The van der Waals surface area contributed by atoms with Crippen molar-refractivity contribution in [3.05, 3.63) is 29.3 Å².